The van der Waals surface area contributed by atoms with E-state index in [4.69, 9.17) is 16.7 Å². The molecule has 2 atom stereocenters. The molecule has 6 heteroatoms. The first kappa shape index (κ1) is 15.3. The van der Waals surface area contributed by atoms with Crippen LogP contribution in [0.15, 0.2) is 30.5 Å². The molecule has 0 saturated carbocycles. The number of aromatic nitrogens is 1. The number of carbonyl (C=O) groups excluding carboxylic acids is 1. The van der Waals surface area contributed by atoms with E-state index in [1.54, 1.807) is 32.0 Å². The Morgan fingerprint density at radius 1 is 1.24 bits per heavy atom. The molecule has 1 aromatic heterocycles. The smallest absolute Gasteiger partial charge is 0.308 e. The number of hydrogen-bond acceptors (Lipinski definition) is 3. The van der Waals surface area contributed by atoms with Crippen molar-refractivity contribution >= 4 is 34.2 Å². The number of aliphatic carboxylic acids is 1. The van der Waals surface area contributed by atoms with E-state index in [2.05, 4.69) is 10.3 Å². The lowest BCUT2D eigenvalue weighted by Gasteiger charge is -2.18. The van der Waals surface area contributed by atoms with Gasteiger partial charge in [-0.05, 0) is 19.2 Å². The van der Waals surface area contributed by atoms with Crippen molar-refractivity contribution in [3.8, 4) is 0 Å². The summed E-state index contributed by atoms with van der Waals surface area (Å²) in [7, 11) is 0. The number of halogens is 1. The summed E-state index contributed by atoms with van der Waals surface area (Å²) in [6.07, 6.45) is 1.40. The molecule has 110 valence electrons. The number of pyridine rings is 1. The first-order chi connectivity index (χ1) is 9.91. The second-order valence-corrected chi connectivity index (χ2v) is 5.26. The molecule has 1 aromatic carbocycles. The number of carboxylic acids is 1. The topological polar surface area (TPSA) is 79.3 Å². The Morgan fingerprint density at radius 2 is 1.86 bits per heavy atom. The summed E-state index contributed by atoms with van der Waals surface area (Å²) in [6, 6.07) is 6.68. The summed E-state index contributed by atoms with van der Waals surface area (Å²) in [6.45, 7) is 3.20. The van der Waals surface area contributed by atoms with Gasteiger partial charge in [-0.2, -0.15) is 0 Å². The number of hydrogen-bond donors (Lipinski definition) is 2. The quantitative estimate of drug-likeness (QED) is 0.851. The maximum atomic E-state index is 12.3. The average Bonchev–Trinajstić information content (AvgIpc) is 2.46. The minimum absolute atomic E-state index is 0.328. The highest BCUT2D eigenvalue weighted by molar-refractivity contribution is 6.34. The van der Waals surface area contributed by atoms with Gasteiger partial charge in [-0.3, -0.25) is 9.59 Å². The summed E-state index contributed by atoms with van der Waals surface area (Å²) < 4.78 is 0. The zero-order valence-corrected chi connectivity index (χ0v) is 12.4. The fourth-order valence-corrected chi connectivity index (χ4v) is 2.18. The zero-order valence-electron chi connectivity index (χ0n) is 11.6. The van der Waals surface area contributed by atoms with Crippen molar-refractivity contribution in [2.45, 2.75) is 19.9 Å². The number of carbonyl (C=O) groups is 2. The predicted molar refractivity (Wildman–Crippen MR) is 80.5 cm³/mol. The van der Waals surface area contributed by atoms with Gasteiger partial charge in [0.15, 0.2) is 0 Å². The Labute approximate surface area is 126 Å². The number of amides is 1. The van der Waals surface area contributed by atoms with Gasteiger partial charge in [0.2, 0.25) is 0 Å². The molecule has 0 fully saturated rings. The molecule has 2 aromatic rings. The van der Waals surface area contributed by atoms with E-state index in [0.29, 0.717) is 21.5 Å². The first-order valence-electron chi connectivity index (χ1n) is 6.48. The monoisotopic (exact) mass is 306 g/mol. The molecule has 0 aliphatic carbocycles. The van der Waals surface area contributed by atoms with Crippen LogP contribution in [0.25, 0.3) is 10.8 Å². The third kappa shape index (κ3) is 3.13. The SMILES string of the molecule is CC(NC(=O)c1cnc(Cl)c2ccccc12)C(C)C(=O)O. The van der Waals surface area contributed by atoms with Crippen molar-refractivity contribution in [1.82, 2.24) is 10.3 Å². The lowest BCUT2D eigenvalue weighted by atomic mass is 10.0. The van der Waals surface area contributed by atoms with Crippen LogP contribution in [0.4, 0.5) is 0 Å². The number of fused-ring (bicyclic) bond motifs is 1. The van der Waals surface area contributed by atoms with Gasteiger partial charge < -0.3 is 10.4 Å². The third-order valence-corrected chi connectivity index (χ3v) is 3.79. The molecule has 1 amide bonds. The molecule has 0 radical (unpaired) electrons. The fraction of sp³-hybridized carbons (Fsp3) is 0.267. The molecular weight excluding hydrogens is 292 g/mol. The highest BCUT2D eigenvalue weighted by Crippen LogP contribution is 2.24. The number of benzene rings is 1. The molecule has 0 aliphatic heterocycles. The van der Waals surface area contributed by atoms with Crippen LogP contribution in [-0.2, 0) is 4.79 Å². The fourth-order valence-electron chi connectivity index (χ4n) is 1.96. The van der Waals surface area contributed by atoms with Gasteiger partial charge in [0.05, 0.1) is 11.5 Å². The summed E-state index contributed by atoms with van der Waals surface area (Å²) in [5.41, 5.74) is 0.374. The molecule has 0 spiro atoms. The van der Waals surface area contributed by atoms with Gasteiger partial charge in [-0.25, -0.2) is 4.98 Å². The Balaban J connectivity index is 2.32. The van der Waals surface area contributed by atoms with E-state index < -0.39 is 17.9 Å². The molecule has 2 rings (SSSR count). The van der Waals surface area contributed by atoms with Crippen LogP contribution in [0.5, 0.6) is 0 Å². The number of nitrogens with one attached hydrogen (secondary N) is 1. The molecule has 0 aliphatic rings. The summed E-state index contributed by atoms with van der Waals surface area (Å²) in [5.74, 6) is -2.00. The molecule has 0 saturated heterocycles. The lowest BCUT2D eigenvalue weighted by molar-refractivity contribution is -0.141. The molecule has 0 bridgehead atoms. The number of nitrogens with zero attached hydrogens (tertiary/aromatic N) is 1. The Bertz CT molecular complexity index is 702. The first-order valence-corrected chi connectivity index (χ1v) is 6.86. The molecule has 1 heterocycles. The van der Waals surface area contributed by atoms with Crippen LogP contribution in [0.3, 0.4) is 0 Å². The van der Waals surface area contributed by atoms with Crippen molar-refractivity contribution in [1.29, 1.82) is 0 Å². The number of carboxylic acid groups (broad SMARTS) is 1. The summed E-state index contributed by atoms with van der Waals surface area (Å²) in [4.78, 5) is 27.3. The molecule has 2 N–H and O–H groups in total. The van der Waals surface area contributed by atoms with Crippen LogP contribution in [0.2, 0.25) is 5.15 Å². The van der Waals surface area contributed by atoms with E-state index in [1.165, 1.54) is 6.20 Å². The minimum atomic E-state index is -0.957. The maximum absolute atomic E-state index is 12.3. The van der Waals surface area contributed by atoms with E-state index >= 15 is 0 Å². The Hall–Kier alpha value is -2.14. The van der Waals surface area contributed by atoms with E-state index in [9.17, 15) is 9.59 Å². The van der Waals surface area contributed by atoms with Gasteiger partial charge in [0.1, 0.15) is 5.15 Å². The average molecular weight is 307 g/mol. The summed E-state index contributed by atoms with van der Waals surface area (Å²) in [5, 5.41) is 13.3. The van der Waals surface area contributed by atoms with Crippen LogP contribution in [0.1, 0.15) is 24.2 Å². The standard InChI is InChI=1S/C15H15ClN2O3/c1-8(15(20)21)9(2)18-14(19)12-7-17-13(16)11-6-4-3-5-10(11)12/h3-9H,1-2H3,(H,18,19)(H,20,21). The minimum Gasteiger partial charge on any atom is -0.481 e. The van der Waals surface area contributed by atoms with Crippen molar-refractivity contribution < 1.29 is 14.7 Å². The van der Waals surface area contributed by atoms with Crippen molar-refractivity contribution in [3.63, 3.8) is 0 Å². The summed E-state index contributed by atoms with van der Waals surface area (Å²) >= 11 is 6.01. The molecular formula is C15H15ClN2O3. The largest absolute Gasteiger partial charge is 0.481 e. The van der Waals surface area contributed by atoms with Crippen LogP contribution >= 0.6 is 11.6 Å². The van der Waals surface area contributed by atoms with Crippen LogP contribution in [-0.4, -0.2) is 28.0 Å². The predicted octanol–water partition coefficient (Wildman–Crippen LogP) is 2.73. The van der Waals surface area contributed by atoms with Crippen molar-refractivity contribution in [2.24, 2.45) is 5.92 Å². The maximum Gasteiger partial charge on any atom is 0.308 e. The highest BCUT2D eigenvalue weighted by atomic mass is 35.5. The third-order valence-electron chi connectivity index (χ3n) is 3.49. The molecule has 2 unspecified atom stereocenters. The van der Waals surface area contributed by atoms with Crippen LogP contribution < -0.4 is 5.32 Å². The highest BCUT2D eigenvalue weighted by Gasteiger charge is 2.22. The van der Waals surface area contributed by atoms with E-state index in [0.717, 1.165) is 0 Å². The van der Waals surface area contributed by atoms with Crippen molar-refractivity contribution in [3.05, 3.63) is 41.2 Å². The van der Waals surface area contributed by atoms with Gasteiger partial charge in [-0.1, -0.05) is 35.9 Å². The molecule has 5 nitrogen and oxygen atoms in total. The van der Waals surface area contributed by atoms with Gasteiger partial charge in [-0.15, -0.1) is 0 Å². The number of rotatable bonds is 4. The normalized spacial score (nSPS) is 13.7. The Morgan fingerprint density at radius 3 is 2.48 bits per heavy atom. The lowest BCUT2D eigenvalue weighted by Crippen LogP contribution is -2.40. The zero-order chi connectivity index (χ0) is 15.6. The van der Waals surface area contributed by atoms with Crippen molar-refractivity contribution in [2.75, 3.05) is 0 Å². The van der Waals surface area contributed by atoms with E-state index in [1.807, 2.05) is 6.07 Å². The van der Waals surface area contributed by atoms with Gasteiger partial charge in [0.25, 0.3) is 5.91 Å². The Kier molecular flexibility index (Phi) is 4.43. The second-order valence-electron chi connectivity index (χ2n) is 4.90. The van der Waals surface area contributed by atoms with E-state index in [-0.39, 0.29) is 5.91 Å². The van der Waals surface area contributed by atoms with Gasteiger partial charge >= 0.3 is 5.97 Å². The van der Waals surface area contributed by atoms with Crippen LogP contribution in [0, 0.1) is 5.92 Å². The van der Waals surface area contributed by atoms with Gasteiger partial charge in [0, 0.05) is 17.6 Å². The second kappa shape index (κ2) is 6.10. The molecule has 21 heavy (non-hydrogen) atoms.